The zero-order chi connectivity index (χ0) is 6.27. The predicted molar refractivity (Wildman–Crippen MR) is 37.4 cm³/mol. The molecule has 0 aromatic carbocycles. The van der Waals surface area contributed by atoms with Gasteiger partial charge in [0.1, 0.15) is 0 Å². The van der Waals surface area contributed by atoms with E-state index in [-0.39, 0.29) is 0 Å². The monoisotopic (exact) mass is 126 g/mol. The Balaban J connectivity index is 2.01. The molecule has 0 aromatic rings. The van der Waals surface area contributed by atoms with Crippen molar-refractivity contribution in [2.75, 3.05) is 19.6 Å². The molecule has 2 heteroatoms. The average Bonchev–Trinajstić information content (AvgIpc) is 2.45. The van der Waals surface area contributed by atoms with Crippen LogP contribution in [0.2, 0.25) is 0 Å². The number of nitrogens with one attached hydrogen (secondary N) is 1. The molecule has 2 saturated heterocycles. The molecule has 2 bridgehead atoms. The van der Waals surface area contributed by atoms with Crippen LogP contribution in [0.4, 0.5) is 0 Å². The van der Waals surface area contributed by atoms with Gasteiger partial charge >= 0.3 is 0 Å². The van der Waals surface area contributed by atoms with Crippen LogP contribution in [0.25, 0.3) is 0 Å². The first-order valence-corrected chi connectivity index (χ1v) is 3.87. The van der Waals surface area contributed by atoms with Gasteiger partial charge in [0.2, 0.25) is 0 Å². The number of piperazine rings is 1. The summed E-state index contributed by atoms with van der Waals surface area (Å²) < 4.78 is 0. The summed E-state index contributed by atoms with van der Waals surface area (Å²) in [6.45, 7) is 6.02. The summed E-state index contributed by atoms with van der Waals surface area (Å²) in [6, 6.07) is 1.70. The fourth-order valence-corrected chi connectivity index (χ4v) is 2.03. The summed E-state index contributed by atoms with van der Waals surface area (Å²) in [7, 11) is 0. The highest BCUT2D eigenvalue weighted by atomic mass is 15.3. The lowest BCUT2D eigenvalue weighted by Gasteiger charge is -2.25. The van der Waals surface area contributed by atoms with E-state index in [0.717, 1.165) is 12.1 Å². The van der Waals surface area contributed by atoms with Crippen molar-refractivity contribution < 1.29 is 0 Å². The molecule has 1 N–H and O–H groups in total. The van der Waals surface area contributed by atoms with Gasteiger partial charge in [-0.3, -0.25) is 4.90 Å². The molecule has 2 aliphatic heterocycles. The van der Waals surface area contributed by atoms with E-state index < -0.39 is 0 Å². The summed E-state index contributed by atoms with van der Waals surface area (Å²) in [4.78, 5) is 2.57. The summed E-state index contributed by atoms with van der Waals surface area (Å²) in [5, 5.41) is 3.48. The van der Waals surface area contributed by atoms with Crippen LogP contribution in [-0.2, 0) is 0 Å². The molecule has 2 heterocycles. The Morgan fingerprint density at radius 1 is 1.67 bits per heavy atom. The van der Waals surface area contributed by atoms with Gasteiger partial charge in [-0.1, -0.05) is 6.92 Å². The lowest BCUT2D eigenvalue weighted by molar-refractivity contribution is 0.238. The molecule has 0 saturated carbocycles. The number of nitrogens with zero attached hydrogens (tertiary/aromatic N) is 1. The van der Waals surface area contributed by atoms with Crippen molar-refractivity contribution >= 4 is 0 Å². The Morgan fingerprint density at radius 2 is 2.56 bits per heavy atom. The zero-order valence-corrected chi connectivity index (χ0v) is 5.93. The lowest BCUT2D eigenvalue weighted by Crippen LogP contribution is -2.43. The summed E-state index contributed by atoms with van der Waals surface area (Å²) in [5.74, 6) is 0. The molecule has 2 aliphatic rings. The number of likely N-dealkylation sites (N-methyl/N-ethyl adjacent to an activating group) is 1. The minimum absolute atomic E-state index is 0.829. The number of hydrogen-bond donors (Lipinski definition) is 1. The molecular weight excluding hydrogens is 112 g/mol. The third kappa shape index (κ3) is 0.775. The first kappa shape index (κ1) is 5.69. The maximum absolute atomic E-state index is 3.48. The van der Waals surface area contributed by atoms with E-state index in [1.165, 1.54) is 26.1 Å². The van der Waals surface area contributed by atoms with E-state index >= 15 is 0 Å². The minimum atomic E-state index is 0.829. The third-order valence-electron chi connectivity index (χ3n) is 2.58. The van der Waals surface area contributed by atoms with E-state index in [0.29, 0.717) is 0 Å². The van der Waals surface area contributed by atoms with Gasteiger partial charge in [-0.2, -0.15) is 0 Å². The van der Waals surface area contributed by atoms with Gasteiger partial charge in [-0.25, -0.2) is 0 Å². The van der Waals surface area contributed by atoms with Crippen LogP contribution in [0.3, 0.4) is 0 Å². The highest BCUT2D eigenvalue weighted by Gasteiger charge is 2.35. The third-order valence-corrected chi connectivity index (χ3v) is 2.58. The SMILES string of the molecule is CCN1C[C@H]2C[C@H]1CN2. The van der Waals surface area contributed by atoms with Crippen molar-refractivity contribution in [1.29, 1.82) is 0 Å². The Labute approximate surface area is 56.2 Å². The molecule has 2 fully saturated rings. The maximum Gasteiger partial charge on any atom is 0.0236 e. The van der Waals surface area contributed by atoms with Gasteiger partial charge in [0.05, 0.1) is 0 Å². The van der Waals surface area contributed by atoms with E-state index in [2.05, 4.69) is 17.1 Å². The minimum Gasteiger partial charge on any atom is -0.311 e. The topological polar surface area (TPSA) is 15.3 Å². The highest BCUT2D eigenvalue weighted by Crippen LogP contribution is 2.21. The van der Waals surface area contributed by atoms with E-state index in [9.17, 15) is 0 Å². The summed E-state index contributed by atoms with van der Waals surface area (Å²) >= 11 is 0. The molecule has 0 aliphatic carbocycles. The fraction of sp³-hybridized carbons (Fsp3) is 1.00. The van der Waals surface area contributed by atoms with Crippen molar-refractivity contribution in [3.05, 3.63) is 0 Å². The van der Waals surface area contributed by atoms with Crippen LogP contribution in [0, 0.1) is 0 Å². The molecule has 0 spiro atoms. The number of rotatable bonds is 1. The van der Waals surface area contributed by atoms with Crippen molar-refractivity contribution in [3.8, 4) is 0 Å². The van der Waals surface area contributed by atoms with Crippen molar-refractivity contribution in [2.45, 2.75) is 25.4 Å². The van der Waals surface area contributed by atoms with Crippen molar-refractivity contribution in [1.82, 2.24) is 10.2 Å². The Morgan fingerprint density at radius 3 is 2.89 bits per heavy atom. The molecule has 0 unspecified atom stereocenters. The van der Waals surface area contributed by atoms with Gasteiger partial charge in [0.15, 0.2) is 0 Å². The van der Waals surface area contributed by atoms with Crippen LogP contribution >= 0.6 is 0 Å². The van der Waals surface area contributed by atoms with E-state index in [1.54, 1.807) is 0 Å². The molecule has 0 amide bonds. The maximum atomic E-state index is 3.48. The summed E-state index contributed by atoms with van der Waals surface area (Å²) in [5.41, 5.74) is 0. The Kier molecular flexibility index (Phi) is 1.24. The Hall–Kier alpha value is -0.0800. The van der Waals surface area contributed by atoms with Crippen LogP contribution in [0.1, 0.15) is 13.3 Å². The molecule has 2 atom stereocenters. The first-order valence-electron chi connectivity index (χ1n) is 3.87. The second kappa shape index (κ2) is 1.96. The Bertz CT molecular complexity index is 113. The van der Waals surface area contributed by atoms with Crippen LogP contribution in [-0.4, -0.2) is 36.6 Å². The normalized spacial score (nSPS) is 42.3. The van der Waals surface area contributed by atoms with Crippen LogP contribution in [0.15, 0.2) is 0 Å². The fourth-order valence-electron chi connectivity index (χ4n) is 2.03. The second-order valence-electron chi connectivity index (χ2n) is 3.08. The molecule has 9 heavy (non-hydrogen) atoms. The smallest absolute Gasteiger partial charge is 0.0236 e. The van der Waals surface area contributed by atoms with E-state index in [4.69, 9.17) is 0 Å². The van der Waals surface area contributed by atoms with Crippen molar-refractivity contribution in [2.24, 2.45) is 0 Å². The van der Waals surface area contributed by atoms with Crippen LogP contribution < -0.4 is 5.32 Å². The van der Waals surface area contributed by atoms with Gasteiger partial charge < -0.3 is 5.32 Å². The van der Waals surface area contributed by atoms with E-state index in [1.807, 2.05) is 0 Å². The number of hydrogen-bond acceptors (Lipinski definition) is 2. The molecule has 2 rings (SSSR count). The standard InChI is InChI=1S/C7H14N2/c1-2-9-5-6-3-7(9)4-8-6/h6-8H,2-5H2,1H3/t6-,7+/m1/s1. The highest BCUT2D eigenvalue weighted by molar-refractivity contribution is 4.96. The van der Waals surface area contributed by atoms with Crippen molar-refractivity contribution in [3.63, 3.8) is 0 Å². The van der Waals surface area contributed by atoms with Crippen LogP contribution in [0.5, 0.6) is 0 Å². The van der Waals surface area contributed by atoms with Gasteiger partial charge in [0, 0.05) is 25.2 Å². The van der Waals surface area contributed by atoms with Gasteiger partial charge in [-0.15, -0.1) is 0 Å². The molecular formula is C7H14N2. The predicted octanol–water partition coefficient (Wildman–Crippen LogP) is 0.0524. The first-order chi connectivity index (χ1) is 4.40. The number of fused-ring (bicyclic) bond motifs is 2. The largest absolute Gasteiger partial charge is 0.311 e. The second-order valence-corrected chi connectivity index (χ2v) is 3.08. The quantitative estimate of drug-likeness (QED) is 0.534. The average molecular weight is 126 g/mol. The number of likely N-dealkylation sites (tertiary alicyclic amines) is 1. The lowest BCUT2D eigenvalue weighted by atomic mass is 10.2. The molecule has 2 nitrogen and oxygen atoms in total. The molecule has 0 aromatic heterocycles. The molecule has 52 valence electrons. The van der Waals surface area contributed by atoms with Gasteiger partial charge in [-0.05, 0) is 13.0 Å². The molecule has 0 radical (unpaired) electrons. The van der Waals surface area contributed by atoms with Gasteiger partial charge in [0.25, 0.3) is 0 Å². The summed E-state index contributed by atoms with van der Waals surface area (Å²) in [6.07, 6.45) is 1.40. The zero-order valence-electron chi connectivity index (χ0n) is 5.93.